The second kappa shape index (κ2) is 7.23. The second-order valence-corrected chi connectivity index (χ2v) is 4.16. The fourth-order valence-corrected chi connectivity index (χ4v) is 1.63. The van der Waals surface area contributed by atoms with Gasteiger partial charge in [0.15, 0.2) is 0 Å². The molecule has 0 bridgehead atoms. The third-order valence-electron chi connectivity index (χ3n) is 2.59. The minimum absolute atomic E-state index is 0.273. The summed E-state index contributed by atoms with van der Waals surface area (Å²) in [5.41, 5.74) is 2.08. The molecule has 0 aliphatic heterocycles. The molecule has 0 unspecified atom stereocenters. The first-order chi connectivity index (χ1) is 9.75. The largest absolute Gasteiger partial charge is 0.478 e. The lowest BCUT2D eigenvalue weighted by Crippen LogP contribution is -2.06. The third-order valence-corrected chi connectivity index (χ3v) is 2.59. The molecule has 0 aliphatic carbocycles. The molecule has 0 radical (unpaired) electrons. The lowest BCUT2D eigenvalue weighted by atomic mass is 10.1. The van der Waals surface area contributed by atoms with Gasteiger partial charge in [-0.25, -0.2) is 4.98 Å². The molecule has 5 heteroatoms. The zero-order chi connectivity index (χ0) is 14.2. The van der Waals surface area contributed by atoms with Crippen LogP contribution in [0.4, 0.5) is 0 Å². The first-order valence-corrected chi connectivity index (χ1v) is 6.38. The van der Waals surface area contributed by atoms with Crippen LogP contribution in [0, 0.1) is 0 Å². The van der Waals surface area contributed by atoms with Crippen molar-refractivity contribution in [3.63, 3.8) is 0 Å². The molecule has 0 amide bonds. The van der Waals surface area contributed by atoms with Gasteiger partial charge in [0.1, 0.15) is 0 Å². The van der Waals surface area contributed by atoms with Crippen LogP contribution >= 0.6 is 0 Å². The average Bonchev–Trinajstić information content (AvgIpc) is 2.48. The molecular formula is C15H16N2O3. The Morgan fingerprint density at radius 1 is 1.10 bits per heavy atom. The quantitative estimate of drug-likeness (QED) is 0.597. The predicted molar refractivity (Wildman–Crippen MR) is 74.2 cm³/mol. The van der Waals surface area contributed by atoms with Crippen molar-refractivity contribution < 1.29 is 14.3 Å². The van der Waals surface area contributed by atoms with Gasteiger partial charge in [-0.2, -0.15) is 0 Å². The molecule has 0 saturated heterocycles. The van der Waals surface area contributed by atoms with Crippen molar-refractivity contribution in [2.45, 2.75) is 13.3 Å². The van der Waals surface area contributed by atoms with Crippen molar-refractivity contribution in [1.82, 2.24) is 9.97 Å². The van der Waals surface area contributed by atoms with E-state index in [-0.39, 0.29) is 5.97 Å². The molecular weight excluding hydrogens is 256 g/mol. The van der Waals surface area contributed by atoms with Crippen molar-refractivity contribution >= 4 is 5.97 Å². The monoisotopic (exact) mass is 272 g/mol. The van der Waals surface area contributed by atoms with Crippen LogP contribution in [-0.4, -0.2) is 29.2 Å². The minimum Gasteiger partial charge on any atom is -0.478 e. The Morgan fingerprint density at radius 2 is 1.90 bits per heavy atom. The summed E-state index contributed by atoms with van der Waals surface area (Å²) in [6.45, 7) is 2.22. The molecule has 2 aromatic rings. The standard InChI is InChI=1S/C15H16N2O3/c1-12(18)19-9-2-10-20-15-4-3-14(11-17-15)13-5-7-16-8-6-13/h3-8,11H,2,9-10H2,1H3. The zero-order valence-corrected chi connectivity index (χ0v) is 11.3. The molecule has 0 atom stereocenters. The van der Waals surface area contributed by atoms with Crippen LogP contribution in [0.25, 0.3) is 11.1 Å². The van der Waals surface area contributed by atoms with E-state index in [2.05, 4.69) is 9.97 Å². The van der Waals surface area contributed by atoms with E-state index in [9.17, 15) is 4.79 Å². The SMILES string of the molecule is CC(=O)OCCCOc1ccc(-c2ccncc2)cn1. The van der Waals surface area contributed by atoms with Crippen LogP contribution in [0.15, 0.2) is 42.9 Å². The Morgan fingerprint density at radius 3 is 2.55 bits per heavy atom. The van der Waals surface area contributed by atoms with Gasteiger partial charge in [-0.15, -0.1) is 0 Å². The molecule has 0 aromatic carbocycles. The van der Waals surface area contributed by atoms with Crippen molar-refractivity contribution in [1.29, 1.82) is 0 Å². The smallest absolute Gasteiger partial charge is 0.302 e. The van der Waals surface area contributed by atoms with Gasteiger partial charge in [-0.1, -0.05) is 0 Å². The van der Waals surface area contributed by atoms with E-state index in [1.807, 2.05) is 24.3 Å². The Bertz CT molecular complexity index is 541. The second-order valence-electron chi connectivity index (χ2n) is 4.16. The number of aromatic nitrogens is 2. The molecule has 20 heavy (non-hydrogen) atoms. The predicted octanol–water partition coefficient (Wildman–Crippen LogP) is 2.48. The fraction of sp³-hybridized carbons (Fsp3) is 0.267. The highest BCUT2D eigenvalue weighted by atomic mass is 16.5. The number of hydrogen-bond acceptors (Lipinski definition) is 5. The highest BCUT2D eigenvalue weighted by Crippen LogP contribution is 2.19. The highest BCUT2D eigenvalue weighted by Gasteiger charge is 2.00. The normalized spacial score (nSPS) is 10.1. The number of esters is 1. The molecule has 2 rings (SSSR count). The number of rotatable bonds is 6. The maximum Gasteiger partial charge on any atom is 0.302 e. The Hall–Kier alpha value is -2.43. The number of pyridine rings is 2. The molecule has 0 spiro atoms. The molecule has 0 fully saturated rings. The molecule has 2 aromatic heterocycles. The van der Waals surface area contributed by atoms with Gasteiger partial charge < -0.3 is 9.47 Å². The van der Waals surface area contributed by atoms with Gasteiger partial charge in [0.05, 0.1) is 13.2 Å². The third kappa shape index (κ3) is 4.35. The van der Waals surface area contributed by atoms with E-state index in [4.69, 9.17) is 9.47 Å². The Balaban J connectivity index is 1.82. The van der Waals surface area contributed by atoms with Crippen molar-refractivity contribution in [3.05, 3.63) is 42.9 Å². The lowest BCUT2D eigenvalue weighted by molar-refractivity contribution is -0.141. The summed E-state index contributed by atoms with van der Waals surface area (Å²) in [6.07, 6.45) is 5.90. The van der Waals surface area contributed by atoms with Crippen LogP contribution in [0.3, 0.4) is 0 Å². The summed E-state index contributed by atoms with van der Waals surface area (Å²) in [4.78, 5) is 18.8. The highest BCUT2D eigenvalue weighted by molar-refractivity contribution is 5.65. The van der Waals surface area contributed by atoms with Crippen molar-refractivity contribution in [2.75, 3.05) is 13.2 Å². The molecule has 104 valence electrons. The van der Waals surface area contributed by atoms with Gasteiger partial charge in [0.25, 0.3) is 0 Å². The summed E-state index contributed by atoms with van der Waals surface area (Å²) in [5.74, 6) is 0.287. The van der Waals surface area contributed by atoms with Gasteiger partial charge in [-0.3, -0.25) is 9.78 Å². The molecule has 5 nitrogen and oxygen atoms in total. The summed E-state index contributed by atoms with van der Waals surface area (Å²) in [5, 5.41) is 0. The van der Waals surface area contributed by atoms with Gasteiger partial charge in [-0.05, 0) is 23.8 Å². The van der Waals surface area contributed by atoms with Crippen molar-refractivity contribution in [3.8, 4) is 17.0 Å². The topological polar surface area (TPSA) is 61.3 Å². The van der Waals surface area contributed by atoms with Crippen LogP contribution in [0.2, 0.25) is 0 Å². The first kappa shape index (κ1) is 14.0. The molecule has 0 saturated carbocycles. The number of nitrogens with zero attached hydrogens (tertiary/aromatic N) is 2. The van der Waals surface area contributed by atoms with E-state index >= 15 is 0 Å². The van der Waals surface area contributed by atoms with E-state index in [0.717, 1.165) is 11.1 Å². The van der Waals surface area contributed by atoms with Crippen LogP contribution in [-0.2, 0) is 9.53 Å². The van der Waals surface area contributed by atoms with Crippen LogP contribution < -0.4 is 4.74 Å². The summed E-state index contributed by atoms with van der Waals surface area (Å²) >= 11 is 0. The maximum absolute atomic E-state index is 10.6. The van der Waals surface area contributed by atoms with E-state index in [0.29, 0.717) is 25.5 Å². The number of ether oxygens (including phenoxy) is 2. The number of hydrogen-bond donors (Lipinski definition) is 0. The van der Waals surface area contributed by atoms with Gasteiger partial charge in [0.2, 0.25) is 5.88 Å². The summed E-state index contributed by atoms with van der Waals surface area (Å²) in [7, 11) is 0. The maximum atomic E-state index is 10.6. The molecule has 0 N–H and O–H groups in total. The lowest BCUT2D eigenvalue weighted by Gasteiger charge is -2.06. The summed E-state index contributed by atoms with van der Waals surface area (Å²) in [6, 6.07) is 7.62. The van der Waals surface area contributed by atoms with Gasteiger partial charge in [0, 0.05) is 43.6 Å². The fourth-order valence-electron chi connectivity index (χ4n) is 1.63. The average molecular weight is 272 g/mol. The number of carbonyl (C=O) groups is 1. The Labute approximate surface area is 117 Å². The zero-order valence-electron chi connectivity index (χ0n) is 11.3. The van der Waals surface area contributed by atoms with Crippen molar-refractivity contribution in [2.24, 2.45) is 0 Å². The summed E-state index contributed by atoms with van der Waals surface area (Å²) < 4.78 is 10.3. The van der Waals surface area contributed by atoms with E-state index in [1.54, 1.807) is 18.6 Å². The van der Waals surface area contributed by atoms with Crippen LogP contribution in [0.5, 0.6) is 5.88 Å². The van der Waals surface area contributed by atoms with E-state index in [1.165, 1.54) is 6.92 Å². The van der Waals surface area contributed by atoms with Crippen LogP contribution in [0.1, 0.15) is 13.3 Å². The Kier molecular flexibility index (Phi) is 5.06. The minimum atomic E-state index is -0.273. The molecule has 0 aliphatic rings. The first-order valence-electron chi connectivity index (χ1n) is 6.38. The van der Waals surface area contributed by atoms with E-state index < -0.39 is 0 Å². The number of carbonyl (C=O) groups excluding carboxylic acids is 1. The van der Waals surface area contributed by atoms with Gasteiger partial charge >= 0.3 is 5.97 Å². The molecule has 2 heterocycles.